The number of benzene rings is 2. The van der Waals surface area contributed by atoms with Gasteiger partial charge in [-0.1, -0.05) is 38.1 Å². The first kappa shape index (κ1) is 22.1. The molecule has 2 fully saturated rings. The van der Waals surface area contributed by atoms with E-state index in [1.807, 2.05) is 24.3 Å². The molecule has 2 aromatic rings. The summed E-state index contributed by atoms with van der Waals surface area (Å²) in [4.78, 5) is 0. The Hall–Kier alpha value is -2.12. The van der Waals surface area contributed by atoms with E-state index in [1.165, 1.54) is 11.1 Å². The summed E-state index contributed by atoms with van der Waals surface area (Å²) >= 11 is 0. The van der Waals surface area contributed by atoms with Gasteiger partial charge in [0.05, 0.1) is 26.4 Å². The number of epoxide rings is 2. The number of rotatable bonds is 14. The Kier molecular flexibility index (Phi) is 7.45. The molecule has 0 spiro atoms. The summed E-state index contributed by atoms with van der Waals surface area (Å²) < 4.78 is 32.5. The van der Waals surface area contributed by atoms with Crippen molar-refractivity contribution in [3.05, 3.63) is 59.7 Å². The third-order valence-electron chi connectivity index (χ3n) is 5.48. The van der Waals surface area contributed by atoms with Gasteiger partial charge in [-0.25, -0.2) is 0 Å². The van der Waals surface area contributed by atoms with Gasteiger partial charge in [-0.2, -0.15) is 0 Å². The molecule has 0 bridgehead atoms. The first-order valence-corrected chi connectivity index (χ1v) is 11.0. The second-order valence-corrected chi connectivity index (χ2v) is 8.35. The van der Waals surface area contributed by atoms with Gasteiger partial charge >= 0.3 is 0 Å². The van der Waals surface area contributed by atoms with Gasteiger partial charge in [0, 0.05) is 18.3 Å². The Balaban J connectivity index is 1.22. The van der Waals surface area contributed by atoms with Crippen molar-refractivity contribution in [3.8, 4) is 11.5 Å². The molecular weight excluding hydrogens is 396 g/mol. The van der Waals surface area contributed by atoms with Crippen LogP contribution in [0.2, 0.25) is 0 Å². The lowest BCUT2D eigenvalue weighted by atomic mass is 9.78. The Morgan fingerprint density at radius 2 is 1.06 bits per heavy atom. The van der Waals surface area contributed by atoms with Crippen LogP contribution in [-0.4, -0.2) is 52.2 Å². The van der Waals surface area contributed by atoms with Crippen LogP contribution in [0.1, 0.15) is 37.8 Å². The van der Waals surface area contributed by atoms with Crippen LogP contribution < -0.4 is 9.47 Å². The van der Waals surface area contributed by atoms with Gasteiger partial charge in [0.25, 0.3) is 0 Å². The van der Waals surface area contributed by atoms with E-state index >= 15 is 0 Å². The molecule has 6 nitrogen and oxygen atoms in total. The molecule has 0 aliphatic carbocycles. The Bertz CT molecular complexity index is 726. The smallest absolute Gasteiger partial charge is 0.181 e. The monoisotopic (exact) mass is 428 g/mol. The van der Waals surface area contributed by atoms with Gasteiger partial charge in [0.2, 0.25) is 0 Å². The molecule has 31 heavy (non-hydrogen) atoms. The van der Waals surface area contributed by atoms with E-state index in [9.17, 15) is 0 Å². The molecule has 2 unspecified atom stereocenters. The molecule has 2 aliphatic heterocycles. The predicted molar refractivity (Wildman–Crippen MR) is 117 cm³/mol. The minimum Gasteiger partial charge on any atom is -0.494 e. The standard InChI is InChI=1S/C25H32O6/c1-25(2,19-5-9-21(10-6-19)26-13-3-15-28-23-17-30-23)20-7-11-22(12-8-20)27-14-4-16-29-24-18-31-24/h5-12,23-24H,3-4,13-18H2,1-2H3. The molecule has 0 radical (unpaired) electrons. The summed E-state index contributed by atoms with van der Waals surface area (Å²) in [6.07, 6.45) is 1.74. The van der Waals surface area contributed by atoms with Crippen LogP contribution in [0.3, 0.4) is 0 Å². The highest BCUT2D eigenvalue weighted by Gasteiger charge is 2.24. The lowest BCUT2D eigenvalue weighted by molar-refractivity contribution is 0.0432. The molecule has 2 aliphatic rings. The maximum absolute atomic E-state index is 5.82. The quantitative estimate of drug-likeness (QED) is 0.330. The number of ether oxygens (including phenoxy) is 6. The fraction of sp³-hybridized carbons (Fsp3) is 0.520. The summed E-state index contributed by atoms with van der Waals surface area (Å²) in [5, 5.41) is 0. The van der Waals surface area contributed by atoms with Crippen molar-refractivity contribution in [1.82, 2.24) is 0 Å². The van der Waals surface area contributed by atoms with Crippen LogP contribution in [0, 0.1) is 0 Å². The molecule has 6 heteroatoms. The highest BCUT2D eigenvalue weighted by molar-refractivity contribution is 5.41. The zero-order valence-corrected chi connectivity index (χ0v) is 18.4. The van der Waals surface area contributed by atoms with Gasteiger partial charge < -0.3 is 28.4 Å². The summed E-state index contributed by atoms with van der Waals surface area (Å²) in [5.41, 5.74) is 2.36. The molecular formula is C25H32O6. The fourth-order valence-electron chi connectivity index (χ4n) is 3.30. The van der Waals surface area contributed by atoms with E-state index in [1.54, 1.807) is 0 Å². The second-order valence-electron chi connectivity index (χ2n) is 8.35. The van der Waals surface area contributed by atoms with E-state index in [2.05, 4.69) is 38.1 Å². The Labute approximate surface area is 184 Å². The van der Waals surface area contributed by atoms with E-state index < -0.39 is 0 Å². The van der Waals surface area contributed by atoms with Crippen LogP contribution in [0.5, 0.6) is 11.5 Å². The molecule has 4 rings (SSSR count). The minimum absolute atomic E-state index is 0.0178. The topological polar surface area (TPSA) is 62.0 Å². The molecule has 0 aromatic heterocycles. The Morgan fingerprint density at radius 1 is 0.677 bits per heavy atom. The summed E-state index contributed by atoms with van der Waals surface area (Å²) in [5.74, 6) is 1.76. The molecule has 2 aromatic carbocycles. The highest BCUT2D eigenvalue weighted by atomic mass is 16.8. The second kappa shape index (κ2) is 10.5. The first-order chi connectivity index (χ1) is 15.1. The SMILES string of the molecule is CC(C)(c1ccc(OCCCOC2CO2)cc1)c1ccc(OCCCOC2CO2)cc1. The third-order valence-corrected chi connectivity index (χ3v) is 5.48. The summed E-state index contributed by atoms with van der Waals surface area (Å²) in [6, 6.07) is 16.7. The van der Waals surface area contributed by atoms with Crippen LogP contribution >= 0.6 is 0 Å². The van der Waals surface area contributed by atoms with Crippen LogP contribution in [-0.2, 0) is 24.4 Å². The molecule has 0 saturated carbocycles. The van der Waals surface area contributed by atoms with Crippen molar-refractivity contribution < 1.29 is 28.4 Å². The zero-order valence-electron chi connectivity index (χ0n) is 18.4. The summed E-state index contributed by atoms with van der Waals surface area (Å²) in [7, 11) is 0. The van der Waals surface area contributed by atoms with Crippen LogP contribution in [0.15, 0.2) is 48.5 Å². The molecule has 2 heterocycles. The van der Waals surface area contributed by atoms with Gasteiger partial charge in [-0.05, 0) is 35.4 Å². The van der Waals surface area contributed by atoms with Crippen LogP contribution in [0.25, 0.3) is 0 Å². The molecule has 168 valence electrons. The lowest BCUT2D eigenvalue weighted by Gasteiger charge is -2.26. The maximum Gasteiger partial charge on any atom is 0.181 e. The lowest BCUT2D eigenvalue weighted by Crippen LogP contribution is -2.18. The molecule has 0 N–H and O–H groups in total. The van der Waals surface area contributed by atoms with Gasteiger partial charge in [0.15, 0.2) is 12.6 Å². The molecule has 2 saturated heterocycles. The largest absolute Gasteiger partial charge is 0.494 e. The third kappa shape index (κ3) is 6.94. The van der Waals surface area contributed by atoms with Crippen molar-refractivity contribution in [1.29, 1.82) is 0 Å². The highest BCUT2D eigenvalue weighted by Crippen LogP contribution is 2.33. The fourth-order valence-corrected chi connectivity index (χ4v) is 3.30. The molecule has 2 atom stereocenters. The average Bonchev–Trinajstić information content (AvgIpc) is 3.70. The van der Waals surface area contributed by atoms with Crippen molar-refractivity contribution >= 4 is 0 Å². The van der Waals surface area contributed by atoms with E-state index in [4.69, 9.17) is 28.4 Å². The van der Waals surface area contributed by atoms with Gasteiger partial charge in [-0.15, -0.1) is 0 Å². The number of hydrogen-bond donors (Lipinski definition) is 0. The predicted octanol–water partition coefficient (Wildman–Crippen LogP) is 4.30. The first-order valence-electron chi connectivity index (χ1n) is 11.0. The normalized spacial score (nSPS) is 19.8. The van der Waals surface area contributed by atoms with E-state index in [0.29, 0.717) is 26.4 Å². The van der Waals surface area contributed by atoms with Crippen LogP contribution in [0.4, 0.5) is 0 Å². The minimum atomic E-state index is -0.118. The number of hydrogen-bond acceptors (Lipinski definition) is 6. The van der Waals surface area contributed by atoms with Gasteiger partial charge in [0.1, 0.15) is 24.7 Å². The zero-order chi connectivity index (χ0) is 21.5. The van der Waals surface area contributed by atoms with Gasteiger partial charge in [-0.3, -0.25) is 0 Å². The maximum atomic E-state index is 5.82. The van der Waals surface area contributed by atoms with E-state index in [-0.39, 0.29) is 18.0 Å². The van der Waals surface area contributed by atoms with E-state index in [0.717, 1.165) is 37.6 Å². The summed E-state index contributed by atoms with van der Waals surface area (Å²) in [6.45, 7) is 8.51. The molecule has 0 amide bonds. The van der Waals surface area contributed by atoms with Crippen molar-refractivity contribution in [2.75, 3.05) is 39.6 Å². The Morgan fingerprint density at radius 3 is 1.42 bits per heavy atom. The average molecular weight is 429 g/mol. The van der Waals surface area contributed by atoms with Crippen molar-refractivity contribution in [2.45, 2.75) is 44.7 Å². The van der Waals surface area contributed by atoms with Crippen molar-refractivity contribution in [2.24, 2.45) is 0 Å². The van der Waals surface area contributed by atoms with Crippen molar-refractivity contribution in [3.63, 3.8) is 0 Å².